The molecule has 0 unspecified atom stereocenters. The van der Waals surface area contributed by atoms with Gasteiger partial charge in [-0.25, -0.2) is 8.42 Å². The zero-order valence-corrected chi connectivity index (χ0v) is 12.8. The Morgan fingerprint density at radius 2 is 1.95 bits per heavy atom. The van der Waals surface area contributed by atoms with Crippen molar-refractivity contribution in [2.45, 2.75) is 17.2 Å². The van der Waals surface area contributed by atoms with Crippen molar-refractivity contribution in [3.8, 4) is 0 Å². The van der Waals surface area contributed by atoms with Crippen LogP contribution in [0, 0.1) is 0 Å². The van der Waals surface area contributed by atoms with Crippen molar-refractivity contribution in [1.29, 1.82) is 0 Å². The number of rotatable bonds is 5. The van der Waals surface area contributed by atoms with Crippen LogP contribution in [0.1, 0.15) is 11.5 Å². The van der Waals surface area contributed by atoms with Gasteiger partial charge in [0.2, 0.25) is 0 Å². The van der Waals surface area contributed by atoms with Crippen molar-refractivity contribution in [2.75, 3.05) is 7.05 Å². The summed E-state index contributed by atoms with van der Waals surface area (Å²) in [5.41, 5.74) is 0. The SMILES string of the molecule is CNCc1ccc(CS(=O)(=O)c2cccc(Br)c2)o1. The molecule has 0 radical (unpaired) electrons. The predicted molar refractivity (Wildman–Crippen MR) is 76.5 cm³/mol. The summed E-state index contributed by atoms with van der Waals surface area (Å²) < 4.78 is 30.6. The van der Waals surface area contributed by atoms with Crippen molar-refractivity contribution in [1.82, 2.24) is 5.32 Å². The smallest absolute Gasteiger partial charge is 0.185 e. The van der Waals surface area contributed by atoms with Crippen LogP contribution in [0.25, 0.3) is 0 Å². The molecule has 1 aromatic heterocycles. The first-order chi connectivity index (χ1) is 9.01. The number of halogens is 1. The summed E-state index contributed by atoms with van der Waals surface area (Å²) in [6.07, 6.45) is 0. The van der Waals surface area contributed by atoms with Gasteiger partial charge in [0.05, 0.1) is 11.4 Å². The summed E-state index contributed by atoms with van der Waals surface area (Å²) in [4.78, 5) is 0.286. The molecule has 0 atom stereocenters. The van der Waals surface area contributed by atoms with E-state index in [0.717, 1.165) is 10.2 Å². The zero-order valence-electron chi connectivity index (χ0n) is 10.4. The predicted octanol–water partition coefficient (Wildman–Crippen LogP) is 2.74. The molecular weight excluding hydrogens is 330 g/mol. The van der Waals surface area contributed by atoms with Crippen LogP contribution >= 0.6 is 15.9 Å². The van der Waals surface area contributed by atoms with Gasteiger partial charge in [-0.05, 0) is 37.4 Å². The first-order valence-electron chi connectivity index (χ1n) is 5.72. The van der Waals surface area contributed by atoms with Crippen LogP contribution in [-0.4, -0.2) is 15.5 Å². The molecule has 0 fully saturated rings. The lowest BCUT2D eigenvalue weighted by molar-refractivity contribution is 0.465. The maximum absolute atomic E-state index is 12.2. The van der Waals surface area contributed by atoms with Crippen molar-refractivity contribution >= 4 is 25.8 Å². The molecule has 6 heteroatoms. The second-order valence-corrected chi connectivity index (χ2v) is 7.02. The molecule has 0 spiro atoms. The van der Waals surface area contributed by atoms with Gasteiger partial charge in [0, 0.05) is 4.47 Å². The molecule has 1 N–H and O–H groups in total. The Bertz CT molecular complexity index is 664. The molecule has 0 saturated carbocycles. The largest absolute Gasteiger partial charge is 0.464 e. The molecule has 0 bridgehead atoms. The van der Waals surface area contributed by atoms with Crippen LogP contribution in [0.15, 0.2) is 50.2 Å². The molecule has 4 nitrogen and oxygen atoms in total. The third-order valence-corrected chi connectivity index (χ3v) is 4.69. The first kappa shape index (κ1) is 14.3. The Morgan fingerprint density at radius 3 is 2.63 bits per heavy atom. The van der Waals surface area contributed by atoms with Crippen LogP contribution in [0.2, 0.25) is 0 Å². The van der Waals surface area contributed by atoms with Crippen LogP contribution in [0.4, 0.5) is 0 Å². The molecule has 19 heavy (non-hydrogen) atoms. The maximum Gasteiger partial charge on any atom is 0.185 e. The minimum absolute atomic E-state index is 0.132. The van der Waals surface area contributed by atoms with Crippen molar-refractivity contribution in [3.63, 3.8) is 0 Å². The summed E-state index contributed by atoms with van der Waals surface area (Å²) in [5.74, 6) is 1.04. The Hall–Kier alpha value is -1.11. The van der Waals surface area contributed by atoms with E-state index in [4.69, 9.17) is 4.42 Å². The highest BCUT2D eigenvalue weighted by Crippen LogP contribution is 2.21. The van der Waals surface area contributed by atoms with Crippen LogP contribution in [-0.2, 0) is 22.1 Å². The van der Waals surface area contributed by atoms with Gasteiger partial charge in [-0.15, -0.1) is 0 Å². The van der Waals surface area contributed by atoms with E-state index in [1.807, 2.05) is 0 Å². The van der Waals surface area contributed by atoms with Gasteiger partial charge in [0.15, 0.2) is 9.84 Å². The summed E-state index contributed by atoms with van der Waals surface area (Å²) in [7, 11) is -1.58. The van der Waals surface area contributed by atoms with E-state index in [9.17, 15) is 8.42 Å². The lowest BCUT2D eigenvalue weighted by Gasteiger charge is -2.03. The molecule has 2 rings (SSSR count). The van der Waals surface area contributed by atoms with Crippen molar-refractivity contribution in [3.05, 3.63) is 52.4 Å². The molecule has 1 aromatic carbocycles. The second kappa shape index (κ2) is 5.90. The molecule has 1 heterocycles. The van der Waals surface area contributed by atoms with Gasteiger partial charge < -0.3 is 9.73 Å². The van der Waals surface area contributed by atoms with Crippen LogP contribution in [0.5, 0.6) is 0 Å². The fourth-order valence-corrected chi connectivity index (χ4v) is 3.54. The normalized spacial score (nSPS) is 11.7. The highest BCUT2D eigenvalue weighted by Gasteiger charge is 2.17. The number of benzene rings is 1. The van der Waals surface area contributed by atoms with Gasteiger partial charge >= 0.3 is 0 Å². The lowest BCUT2D eigenvalue weighted by atomic mass is 10.4. The minimum atomic E-state index is -3.38. The molecule has 102 valence electrons. The van der Waals surface area contributed by atoms with Gasteiger partial charge in [-0.1, -0.05) is 22.0 Å². The molecule has 0 saturated heterocycles. The quantitative estimate of drug-likeness (QED) is 0.906. The molecular formula is C13H14BrNO3S. The number of furan rings is 1. The van der Waals surface area contributed by atoms with Gasteiger partial charge in [-0.2, -0.15) is 0 Å². The summed E-state index contributed by atoms with van der Waals surface area (Å²) in [5, 5.41) is 2.95. The highest BCUT2D eigenvalue weighted by atomic mass is 79.9. The summed E-state index contributed by atoms with van der Waals surface area (Å²) in [6, 6.07) is 10.1. The average molecular weight is 344 g/mol. The number of hydrogen-bond acceptors (Lipinski definition) is 4. The molecule has 0 amide bonds. The minimum Gasteiger partial charge on any atom is -0.464 e. The Balaban J connectivity index is 2.21. The highest BCUT2D eigenvalue weighted by molar-refractivity contribution is 9.10. The Morgan fingerprint density at radius 1 is 1.21 bits per heavy atom. The average Bonchev–Trinajstić information content (AvgIpc) is 2.76. The number of sulfone groups is 1. The number of nitrogens with one attached hydrogen (secondary N) is 1. The topological polar surface area (TPSA) is 59.3 Å². The fourth-order valence-electron chi connectivity index (χ4n) is 1.70. The molecule has 0 aliphatic heterocycles. The van der Waals surface area contributed by atoms with E-state index in [0.29, 0.717) is 12.3 Å². The lowest BCUT2D eigenvalue weighted by Crippen LogP contribution is -2.05. The van der Waals surface area contributed by atoms with E-state index in [2.05, 4.69) is 21.2 Å². The zero-order chi connectivity index (χ0) is 13.9. The first-order valence-corrected chi connectivity index (χ1v) is 8.16. The van der Waals surface area contributed by atoms with E-state index in [-0.39, 0.29) is 10.6 Å². The standard InChI is InChI=1S/C13H14BrNO3S/c1-15-8-11-5-6-12(18-11)9-19(16,17)13-4-2-3-10(14)7-13/h2-7,15H,8-9H2,1H3. The fraction of sp³-hybridized carbons (Fsp3) is 0.231. The third kappa shape index (κ3) is 3.68. The molecule has 2 aromatic rings. The third-order valence-electron chi connectivity index (χ3n) is 2.56. The van der Waals surface area contributed by atoms with Crippen LogP contribution < -0.4 is 5.32 Å². The van der Waals surface area contributed by atoms with Crippen molar-refractivity contribution in [2.24, 2.45) is 0 Å². The maximum atomic E-state index is 12.2. The Kier molecular flexibility index (Phi) is 4.44. The van der Waals surface area contributed by atoms with Crippen LogP contribution in [0.3, 0.4) is 0 Å². The molecule has 0 aliphatic rings. The summed E-state index contributed by atoms with van der Waals surface area (Å²) in [6.45, 7) is 0.580. The number of hydrogen-bond donors (Lipinski definition) is 1. The molecule has 0 aliphatic carbocycles. The monoisotopic (exact) mass is 343 g/mol. The Labute approximate surface area is 120 Å². The van der Waals surface area contributed by atoms with Gasteiger partial charge in [0.1, 0.15) is 17.3 Å². The summed E-state index contributed by atoms with van der Waals surface area (Å²) >= 11 is 3.27. The second-order valence-electron chi connectivity index (χ2n) is 4.11. The van der Waals surface area contributed by atoms with Gasteiger partial charge in [-0.3, -0.25) is 0 Å². The van der Waals surface area contributed by atoms with E-state index in [1.54, 1.807) is 43.4 Å². The van der Waals surface area contributed by atoms with Crippen molar-refractivity contribution < 1.29 is 12.8 Å². The van der Waals surface area contributed by atoms with E-state index in [1.165, 1.54) is 0 Å². The van der Waals surface area contributed by atoms with Gasteiger partial charge in [0.25, 0.3) is 0 Å². The van der Waals surface area contributed by atoms with E-state index >= 15 is 0 Å². The van der Waals surface area contributed by atoms with E-state index < -0.39 is 9.84 Å².